The van der Waals surface area contributed by atoms with Crippen LogP contribution in [0.4, 0.5) is 5.82 Å². The number of aromatic nitrogens is 4. The molecule has 2 rings (SSSR count). The summed E-state index contributed by atoms with van der Waals surface area (Å²) < 4.78 is 0. The van der Waals surface area contributed by atoms with Gasteiger partial charge in [-0.3, -0.25) is 5.10 Å². The van der Waals surface area contributed by atoms with Crippen molar-refractivity contribution in [3.8, 4) is 0 Å². The van der Waals surface area contributed by atoms with Gasteiger partial charge in [0, 0.05) is 6.54 Å². The van der Waals surface area contributed by atoms with Crippen LogP contribution in [-0.2, 0) is 0 Å². The van der Waals surface area contributed by atoms with Gasteiger partial charge in [0.15, 0.2) is 5.65 Å². The molecule has 0 bridgehead atoms. The molecule has 0 spiro atoms. The average Bonchev–Trinajstić information content (AvgIpc) is 2.62. The summed E-state index contributed by atoms with van der Waals surface area (Å²) in [6.45, 7) is 2.87. The number of rotatable bonds is 3. The molecule has 6 heteroatoms. The number of hydrogen-bond acceptors (Lipinski definition) is 5. The Kier molecular flexibility index (Phi) is 2.53. The van der Waals surface area contributed by atoms with E-state index in [4.69, 9.17) is 0 Å². The normalized spacial score (nSPS) is 10.7. The quantitative estimate of drug-likeness (QED) is 0.750. The van der Waals surface area contributed by atoms with Gasteiger partial charge < -0.3 is 5.32 Å². The van der Waals surface area contributed by atoms with E-state index < -0.39 is 0 Å². The minimum atomic E-state index is 0.778. The third-order valence-electron chi connectivity index (χ3n) is 1.86. The van der Waals surface area contributed by atoms with Crippen molar-refractivity contribution in [3.05, 3.63) is 6.33 Å². The Balaban J connectivity index is 2.62. The molecule has 0 radical (unpaired) electrons. The number of anilines is 1. The monoisotopic (exact) mass is 209 g/mol. The van der Waals surface area contributed by atoms with Crippen molar-refractivity contribution in [1.82, 2.24) is 20.2 Å². The molecule has 2 aromatic rings. The Bertz CT molecular complexity index is 438. The topological polar surface area (TPSA) is 66.5 Å². The summed E-state index contributed by atoms with van der Waals surface area (Å²) >= 11 is 1.58. The van der Waals surface area contributed by atoms with Gasteiger partial charge in [-0.25, -0.2) is 9.97 Å². The van der Waals surface area contributed by atoms with Crippen molar-refractivity contribution in [2.24, 2.45) is 0 Å². The van der Waals surface area contributed by atoms with Crippen LogP contribution in [-0.4, -0.2) is 33.0 Å². The van der Waals surface area contributed by atoms with E-state index in [2.05, 4.69) is 25.5 Å². The maximum atomic E-state index is 4.18. The molecule has 0 atom stereocenters. The molecule has 5 nitrogen and oxygen atoms in total. The fourth-order valence-electron chi connectivity index (χ4n) is 1.28. The van der Waals surface area contributed by atoms with E-state index in [9.17, 15) is 0 Å². The molecule has 74 valence electrons. The van der Waals surface area contributed by atoms with Crippen molar-refractivity contribution in [2.75, 3.05) is 18.1 Å². The van der Waals surface area contributed by atoms with Gasteiger partial charge in [0.05, 0.1) is 5.39 Å². The molecule has 2 heterocycles. The SMILES string of the molecule is CCNc1ncnc2[nH]nc(SC)c12. The predicted octanol–water partition coefficient (Wildman–Crippen LogP) is 1.51. The first-order valence-corrected chi connectivity index (χ1v) is 5.56. The highest BCUT2D eigenvalue weighted by Crippen LogP contribution is 2.26. The van der Waals surface area contributed by atoms with Gasteiger partial charge in [-0.2, -0.15) is 5.10 Å². The van der Waals surface area contributed by atoms with Gasteiger partial charge in [-0.1, -0.05) is 0 Å². The van der Waals surface area contributed by atoms with Gasteiger partial charge in [0.2, 0.25) is 0 Å². The van der Waals surface area contributed by atoms with Crippen molar-refractivity contribution >= 4 is 28.6 Å². The van der Waals surface area contributed by atoms with E-state index in [1.54, 1.807) is 11.8 Å². The Labute approximate surface area is 85.7 Å². The number of thioether (sulfide) groups is 1. The molecule has 0 saturated carbocycles. The van der Waals surface area contributed by atoms with Crippen LogP contribution >= 0.6 is 11.8 Å². The number of nitrogens with zero attached hydrogens (tertiary/aromatic N) is 3. The summed E-state index contributed by atoms with van der Waals surface area (Å²) in [5.74, 6) is 0.843. The Hall–Kier alpha value is -1.30. The second-order valence-electron chi connectivity index (χ2n) is 2.71. The molecular weight excluding hydrogens is 198 g/mol. The lowest BCUT2D eigenvalue weighted by Crippen LogP contribution is -2.00. The number of fused-ring (bicyclic) bond motifs is 1. The van der Waals surface area contributed by atoms with Crippen LogP contribution in [0.3, 0.4) is 0 Å². The lowest BCUT2D eigenvalue weighted by molar-refractivity contribution is 1.02. The van der Waals surface area contributed by atoms with E-state index in [1.165, 1.54) is 6.33 Å². The fourth-order valence-corrected chi connectivity index (χ4v) is 1.82. The second-order valence-corrected chi connectivity index (χ2v) is 3.50. The first-order chi connectivity index (χ1) is 6.86. The first kappa shape index (κ1) is 9.26. The van der Waals surface area contributed by atoms with Crippen LogP contribution in [0.25, 0.3) is 11.0 Å². The summed E-state index contributed by atoms with van der Waals surface area (Å²) in [4.78, 5) is 8.29. The van der Waals surface area contributed by atoms with Gasteiger partial charge in [-0.05, 0) is 13.2 Å². The van der Waals surface area contributed by atoms with Gasteiger partial charge in [-0.15, -0.1) is 11.8 Å². The average molecular weight is 209 g/mol. The Morgan fingerprint density at radius 2 is 2.36 bits per heavy atom. The summed E-state index contributed by atoms with van der Waals surface area (Å²) in [6, 6.07) is 0. The molecule has 0 saturated heterocycles. The molecular formula is C8H11N5S. The number of nitrogens with one attached hydrogen (secondary N) is 2. The van der Waals surface area contributed by atoms with Crippen LogP contribution < -0.4 is 5.32 Å². The maximum absolute atomic E-state index is 4.18. The summed E-state index contributed by atoms with van der Waals surface area (Å²) in [7, 11) is 0. The van der Waals surface area contributed by atoms with Gasteiger partial charge in [0.1, 0.15) is 17.2 Å². The van der Waals surface area contributed by atoms with Crippen molar-refractivity contribution < 1.29 is 0 Å². The van der Waals surface area contributed by atoms with E-state index in [0.29, 0.717) is 0 Å². The van der Waals surface area contributed by atoms with E-state index in [-0.39, 0.29) is 0 Å². The van der Waals surface area contributed by atoms with Crippen molar-refractivity contribution in [1.29, 1.82) is 0 Å². The third kappa shape index (κ3) is 1.41. The molecule has 2 aromatic heterocycles. The minimum Gasteiger partial charge on any atom is -0.370 e. The summed E-state index contributed by atoms with van der Waals surface area (Å²) in [6.07, 6.45) is 3.51. The molecule has 2 N–H and O–H groups in total. The first-order valence-electron chi connectivity index (χ1n) is 4.33. The smallest absolute Gasteiger partial charge is 0.161 e. The standard InChI is InChI=1S/C8H11N5S/c1-3-9-6-5-7(11-4-10-6)12-13-8(5)14-2/h4H,3H2,1-2H3,(H2,9,10,11,12,13). The molecule has 0 amide bonds. The largest absolute Gasteiger partial charge is 0.370 e. The molecule has 0 fully saturated rings. The summed E-state index contributed by atoms with van der Waals surface area (Å²) in [5, 5.41) is 12.1. The number of aromatic amines is 1. The molecule has 14 heavy (non-hydrogen) atoms. The van der Waals surface area contributed by atoms with Crippen molar-refractivity contribution in [2.45, 2.75) is 11.9 Å². The van der Waals surface area contributed by atoms with Crippen molar-refractivity contribution in [3.63, 3.8) is 0 Å². The van der Waals surface area contributed by atoms with Crippen LogP contribution in [0.1, 0.15) is 6.92 Å². The van der Waals surface area contributed by atoms with Crippen LogP contribution in [0, 0.1) is 0 Å². The lowest BCUT2D eigenvalue weighted by Gasteiger charge is -2.02. The molecule has 0 aliphatic carbocycles. The Morgan fingerprint density at radius 1 is 1.50 bits per heavy atom. The molecule has 0 aromatic carbocycles. The molecule has 0 aliphatic heterocycles. The highest BCUT2D eigenvalue weighted by molar-refractivity contribution is 7.98. The maximum Gasteiger partial charge on any atom is 0.161 e. The fraction of sp³-hybridized carbons (Fsp3) is 0.375. The zero-order chi connectivity index (χ0) is 9.97. The predicted molar refractivity (Wildman–Crippen MR) is 57.6 cm³/mol. The molecule has 0 unspecified atom stereocenters. The van der Waals surface area contributed by atoms with Gasteiger partial charge >= 0.3 is 0 Å². The van der Waals surface area contributed by atoms with E-state index in [1.807, 2.05) is 13.2 Å². The number of H-pyrrole nitrogens is 1. The highest BCUT2D eigenvalue weighted by atomic mass is 32.2. The summed E-state index contributed by atoms with van der Waals surface area (Å²) in [5.41, 5.74) is 0.778. The number of hydrogen-bond donors (Lipinski definition) is 2. The zero-order valence-electron chi connectivity index (χ0n) is 8.03. The van der Waals surface area contributed by atoms with E-state index in [0.717, 1.165) is 28.4 Å². The van der Waals surface area contributed by atoms with Crippen LogP contribution in [0.2, 0.25) is 0 Å². The zero-order valence-corrected chi connectivity index (χ0v) is 8.85. The van der Waals surface area contributed by atoms with E-state index >= 15 is 0 Å². The third-order valence-corrected chi connectivity index (χ3v) is 2.54. The highest BCUT2D eigenvalue weighted by Gasteiger charge is 2.10. The van der Waals surface area contributed by atoms with Crippen LogP contribution in [0.5, 0.6) is 0 Å². The second kappa shape index (κ2) is 3.83. The Morgan fingerprint density at radius 3 is 3.07 bits per heavy atom. The minimum absolute atomic E-state index is 0.778. The molecule has 0 aliphatic rings. The van der Waals surface area contributed by atoms with Gasteiger partial charge in [0.25, 0.3) is 0 Å². The van der Waals surface area contributed by atoms with Crippen LogP contribution in [0.15, 0.2) is 11.4 Å². The lowest BCUT2D eigenvalue weighted by atomic mass is 10.4.